The van der Waals surface area contributed by atoms with Crippen LogP contribution in [-0.2, 0) is 20.4 Å². The first kappa shape index (κ1) is 18.3. The van der Waals surface area contributed by atoms with Gasteiger partial charge in [-0.3, -0.25) is 9.69 Å². The SMILES string of the molecule is C[C@H](SCc1ccccc1)C(=O)NCCN1CCS(=O)(=O)CC1. The number of sulfone groups is 1. The third-order valence-electron chi connectivity index (χ3n) is 3.88. The molecule has 1 aliphatic heterocycles. The maximum atomic E-state index is 12.1. The van der Waals surface area contributed by atoms with Crippen molar-refractivity contribution in [2.45, 2.75) is 17.9 Å². The van der Waals surface area contributed by atoms with Gasteiger partial charge in [0.05, 0.1) is 16.8 Å². The number of carbonyl (C=O) groups excluding carboxylic acids is 1. The number of rotatable bonds is 7. The van der Waals surface area contributed by atoms with E-state index in [9.17, 15) is 13.2 Å². The third-order valence-corrected chi connectivity index (χ3v) is 6.70. The molecule has 1 heterocycles. The molecule has 0 spiro atoms. The van der Waals surface area contributed by atoms with Crippen LogP contribution in [0.5, 0.6) is 0 Å². The van der Waals surface area contributed by atoms with Gasteiger partial charge < -0.3 is 5.32 Å². The number of nitrogens with one attached hydrogen (secondary N) is 1. The third kappa shape index (κ3) is 6.53. The molecule has 1 amide bonds. The summed E-state index contributed by atoms with van der Waals surface area (Å²) in [7, 11) is -2.84. The molecule has 0 aromatic heterocycles. The van der Waals surface area contributed by atoms with Crippen molar-refractivity contribution in [2.75, 3.05) is 37.7 Å². The van der Waals surface area contributed by atoms with Crippen LogP contribution in [0.4, 0.5) is 0 Å². The van der Waals surface area contributed by atoms with Crippen molar-refractivity contribution in [3.05, 3.63) is 35.9 Å². The Balaban J connectivity index is 1.62. The Morgan fingerprint density at radius 1 is 1.26 bits per heavy atom. The first-order valence-electron chi connectivity index (χ1n) is 7.82. The molecule has 1 aromatic carbocycles. The summed E-state index contributed by atoms with van der Waals surface area (Å²) in [5.41, 5.74) is 1.21. The molecule has 0 aliphatic carbocycles. The second-order valence-electron chi connectivity index (χ2n) is 5.72. The zero-order valence-electron chi connectivity index (χ0n) is 13.4. The highest BCUT2D eigenvalue weighted by atomic mass is 32.2. The van der Waals surface area contributed by atoms with Crippen LogP contribution in [0.3, 0.4) is 0 Å². The lowest BCUT2D eigenvalue weighted by atomic mass is 10.2. The number of nitrogens with zero attached hydrogens (tertiary/aromatic N) is 1. The molecule has 128 valence electrons. The van der Waals surface area contributed by atoms with E-state index < -0.39 is 9.84 Å². The molecular weight excluding hydrogens is 332 g/mol. The quantitative estimate of drug-likeness (QED) is 0.794. The lowest BCUT2D eigenvalue weighted by Gasteiger charge is -2.26. The van der Waals surface area contributed by atoms with E-state index in [1.807, 2.05) is 25.1 Å². The zero-order valence-corrected chi connectivity index (χ0v) is 15.0. The van der Waals surface area contributed by atoms with E-state index in [4.69, 9.17) is 0 Å². The average molecular weight is 357 g/mol. The summed E-state index contributed by atoms with van der Waals surface area (Å²) < 4.78 is 22.7. The Labute approximate surface area is 142 Å². The van der Waals surface area contributed by atoms with Crippen LogP contribution in [0.15, 0.2) is 30.3 Å². The molecule has 2 rings (SSSR count). The topological polar surface area (TPSA) is 66.5 Å². The zero-order chi connectivity index (χ0) is 16.7. The smallest absolute Gasteiger partial charge is 0.232 e. The van der Waals surface area contributed by atoms with Gasteiger partial charge in [-0.05, 0) is 12.5 Å². The standard InChI is InChI=1S/C16H24N2O3S2/c1-14(22-13-15-5-3-2-4-6-15)16(19)17-7-8-18-9-11-23(20,21)12-10-18/h2-6,14H,7-13H2,1H3,(H,17,19)/t14-/m0/s1. The van der Waals surface area contributed by atoms with Crippen molar-refractivity contribution in [1.82, 2.24) is 10.2 Å². The molecule has 0 saturated carbocycles. The fourth-order valence-corrected chi connectivity index (χ4v) is 4.47. The molecule has 0 radical (unpaired) electrons. The summed E-state index contributed by atoms with van der Waals surface area (Å²) in [5.74, 6) is 1.31. The highest BCUT2D eigenvalue weighted by Crippen LogP contribution is 2.17. The van der Waals surface area contributed by atoms with Gasteiger partial charge in [0.2, 0.25) is 5.91 Å². The lowest BCUT2D eigenvalue weighted by Crippen LogP contribution is -2.44. The van der Waals surface area contributed by atoms with E-state index in [1.54, 1.807) is 11.8 Å². The van der Waals surface area contributed by atoms with Crippen LogP contribution in [0, 0.1) is 0 Å². The molecule has 1 N–H and O–H groups in total. The minimum atomic E-state index is -2.84. The van der Waals surface area contributed by atoms with Gasteiger partial charge in [-0.2, -0.15) is 0 Å². The van der Waals surface area contributed by atoms with Crippen molar-refractivity contribution in [3.8, 4) is 0 Å². The Morgan fingerprint density at radius 2 is 1.91 bits per heavy atom. The Kier molecular flexibility index (Phi) is 6.92. The number of benzene rings is 1. The van der Waals surface area contributed by atoms with Crippen LogP contribution in [0.2, 0.25) is 0 Å². The van der Waals surface area contributed by atoms with Gasteiger partial charge in [-0.15, -0.1) is 11.8 Å². The molecule has 23 heavy (non-hydrogen) atoms. The Bertz CT molecular complexity index is 591. The van der Waals surface area contributed by atoms with Gasteiger partial charge in [-0.25, -0.2) is 8.42 Å². The normalized spacial score (nSPS) is 19.2. The summed E-state index contributed by atoms with van der Waals surface area (Å²) in [5, 5.41) is 2.84. The van der Waals surface area contributed by atoms with Gasteiger partial charge in [-0.1, -0.05) is 30.3 Å². The maximum Gasteiger partial charge on any atom is 0.232 e. The van der Waals surface area contributed by atoms with E-state index in [0.717, 1.165) is 5.75 Å². The molecule has 0 bridgehead atoms. The van der Waals surface area contributed by atoms with E-state index in [-0.39, 0.29) is 22.7 Å². The second kappa shape index (κ2) is 8.70. The molecule has 1 aliphatic rings. The summed E-state index contributed by atoms with van der Waals surface area (Å²) in [4.78, 5) is 14.1. The summed E-state index contributed by atoms with van der Waals surface area (Å²) in [6, 6.07) is 10.1. The van der Waals surface area contributed by atoms with Crippen LogP contribution in [0.1, 0.15) is 12.5 Å². The van der Waals surface area contributed by atoms with Gasteiger partial charge in [0, 0.05) is 31.9 Å². The molecule has 1 aromatic rings. The van der Waals surface area contributed by atoms with E-state index in [2.05, 4.69) is 22.3 Å². The summed E-state index contributed by atoms with van der Waals surface area (Å²) in [6.07, 6.45) is 0. The van der Waals surface area contributed by atoms with Crippen molar-refractivity contribution >= 4 is 27.5 Å². The van der Waals surface area contributed by atoms with E-state index in [0.29, 0.717) is 26.2 Å². The van der Waals surface area contributed by atoms with E-state index >= 15 is 0 Å². The van der Waals surface area contributed by atoms with Crippen molar-refractivity contribution in [1.29, 1.82) is 0 Å². The highest BCUT2D eigenvalue weighted by molar-refractivity contribution is 7.99. The molecule has 0 unspecified atom stereocenters. The molecule has 7 heteroatoms. The molecule has 1 saturated heterocycles. The van der Waals surface area contributed by atoms with Crippen molar-refractivity contribution in [2.24, 2.45) is 0 Å². The predicted octanol–water partition coefficient (Wildman–Crippen LogP) is 1.15. The molecular formula is C16H24N2O3S2. The van der Waals surface area contributed by atoms with Gasteiger partial charge >= 0.3 is 0 Å². The number of hydrogen-bond acceptors (Lipinski definition) is 5. The second-order valence-corrected chi connectivity index (χ2v) is 9.36. The lowest BCUT2D eigenvalue weighted by molar-refractivity contribution is -0.120. The molecule has 5 nitrogen and oxygen atoms in total. The number of amides is 1. The van der Waals surface area contributed by atoms with Crippen molar-refractivity contribution in [3.63, 3.8) is 0 Å². The van der Waals surface area contributed by atoms with Crippen LogP contribution >= 0.6 is 11.8 Å². The largest absolute Gasteiger partial charge is 0.354 e. The average Bonchev–Trinajstić information content (AvgIpc) is 2.55. The first-order chi connectivity index (χ1) is 11.0. The van der Waals surface area contributed by atoms with Crippen LogP contribution in [0.25, 0.3) is 0 Å². The van der Waals surface area contributed by atoms with Crippen LogP contribution < -0.4 is 5.32 Å². The number of hydrogen-bond donors (Lipinski definition) is 1. The molecule has 1 fully saturated rings. The van der Waals surface area contributed by atoms with Crippen LogP contribution in [-0.4, -0.2) is 62.2 Å². The fraction of sp³-hybridized carbons (Fsp3) is 0.562. The first-order valence-corrected chi connectivity index (χ1v) is 10.7. The monoisotopic (exact) mass is 356 g/mol. The minimum absolute atomic E-state index is 0.0376. The number of thioether (sulfide) groups is 1. The van der Waals surface area contributed by atoms with Gasteiger partial charge in [0.25, 0.3) is 0 Å². The number of carbonyl (C=O) groups is 1. The predicted molar refractivity (Wildman–Crippen MR) is 95.3 cm³/mol. The Morgan fingerprint density at radius 3 is 2.57 bits per heavy atom. The Hall–Kier alpha value is -1.05. The van der Waals surface area contributed by atoms with Gasteiger partial charge in [0.15, 0.2) is 9.84 Å². The highest BCUT2D eigenvalue weighted by Gasteiger charge is 2.21. The summed E-state index contributed by atoms with van der Waals surface area (Å²) >= 11 is 1.62. The van der Waals surface area contributed by atoms with E-state index in [1.165, 1.54) is 5.56 Å². The summed E-state index contributed by atoms with van der Waals surface area (Å²) in [6.45, 7) is 4.32. The minimum Gasteiger partial charge on any atom is -0.354 e. The fourth-order valence-electron chi connectivity index (χ4n) is 2.33. The van der Waals surface area contributed by atoms with Gasteiger partial charge in [0.1, 0.15) is 0 Å². The maximum absolute atomic E-state index is 12.1. The van der Waals surface area contributed by atoms with Crippen molar-refractivity contribution < 1.29 is 13.2 Å². The molecule has 1 atom stereocenters.